The molecule has 18 heavy (non-hydrogen) atoms. The van der Waals surface area contributed by atoms with E-state index < -0.39 is 0 Å². The third-order valence-electron chi connectivity index (χ3n) is 2.62. The van der Waals surface area contributed by atoms with Gasteiger partial charge in [0.05, 0.1) is 5.69 Å². The molecule has 0 saturated carbocycles. The van der Waals surface area contributed by atoms with Gasteiger partial charge < -0.3 is 10.8 Å². The lowest BCUT2D eigenvalue weighted by molar-refractivity contribution is 0.476. The fraction of sp³-hybridized carbons (Fsp3) is 0.143. The van der Waals surface area contributed by atoms with E-state index in [0.29, 0.717) is 11.4 Å². The molecule has 4 nitrogen and oxygen atoms in total. The van der Waals surface area contributed by atoms with E-state index in [0.717, 1.165) is 11.3 Å². The number of rotatable bonds is 2. The summed E-state index contributed by atoms with van der Waals surface area (Å²) in [4.78, 5) is 0. The van der Waals surface area contributed by atoms with Crippen molar-refractivity contribution in [3.8, 4) is 5.75 Å². The van der Waals surface area contributed by atoms with Gasteiger partial charge in [0.1, 0.15) is 11.4 Å². The third kappa shape index (κ3) is 2.66. The molecule has 4 heteroatoms. The third-order valence-corrected chi connectivity index (χ3v) is 2.62. The standard InChI is InChI=1S/C14H15N3O/c1-9-3-5-12(10(2)7-9)16-17-13-6-4-11(15)8-14(13)18/h3-8,18H,15H2,1-2H3. The van der Waals surface area contributed by atoms with Gasteiger partial charge >= 0.3 is 0 Å². The number of nitrogen functional groups attached to an aromatic ring is 1. The Bertz CT molecular complexity index is 552. The van der Waals surface area contributed by atoms with Crippen LogP contribution < -0.4 is 5.73 Å². The molecule has 92 valence electrons. The van der Waals surface area contributed by atoms with Crippen LogP contribution in [0.4, 0.5) is 17.1 Å². The average Bonchev–Trinajstić information content (AvgIpc) is 2.30. The number of aromatic hydroxyl groups is 1. The van der Waals surface area contributed by atoms with Gasteiger partial charge in [-0.2, -0.15) is 5.11 Å². The Kier molecular flexibility index (Phi) is 3.28. The highest BCUT2D eigenvalue weighted by molar-refractivity contribution is 5.58. The number of phenolic OH excluding ortho intramolecular Hbond substituents is 1. The monoisotopic (exact) mass is 241 g/mol. The highest BCUT2D eigenvalue weighted by atomic mass is 16.3. The Balaban J connectivity index is 2.30. The quantitative estimate of drug-likeness (QED) is 0.616. The van der Waals surface area contributed by atoms with Crippen LogP contribution in [-0.4, -0.2) is 5.11 Å². The number of aryl methyl sites for hydroxylation is 2. The zero-order valence-electron chi connectivity index (χ0n) is 10.4. The Morgan fingerprint density at radius 3 is 2.28 bits per heavy atom. The molecule has 0 aliphatic heterocycles. The molecule has 2 rings (SSSR count). The molecule has 0 heterocycles. The van der Waals surface area contributed by atoms with Crippen LogP contribution in [-0.2, 0) is 0 Å². The molecule has 3 N–H and O–H groups in total. The molecular formula is C14H15N3O. The number of nitrogens with two attached hydrogens (primary N) is 1. The van der Waals surface area contributed by atoms with Gasteiger partial charge in [-0.1, -0.05) is 17.7 Å². The second-order valence-electron chi connectivity index (χ2n) is 4.24. The lowest BCUT2D eigenvalue weighted by Crippen LogP contribution is -1.82. The van der Waals surface area contributed by atoms with Crippen LogP contribution in [0.25, 0.3) is 0 Å². The van der Waals surface area contributed by atoms with Crippen molar-refractivity contribution in [1.82, 2.24) is 0 Å². The molecule has 0 aliphatic carbocycles. The molecule has 0 fully saturated rings. The minimum absolute atomic E-state index is 0.0310. The predicted octanol–water partition coefficient (Wildman–Crippen LogP) is 4.01. The van der Waals surface area contributed by atoms with Crippen molar-refractivity contribution in [2.45, 2.75) is 13.8 Å². The van der Waals surface area contributed by atoms with E-state index in [4.69, 9.17) is 5.73 Å². The van der Waals surface area contributed by atoms with E-state index in [1.165, 1.54) is 11.6 Å². The van der Waals surface area contributed by atoms with Gasteiger partial charge in [-0.05, 0) is 37.6 Å². The van der Waals surface area contributed by atoms with Crippen LogP contribution >= 0.6 is 0 Å². The molecule has 0 spiro atoms. The van der Waals surface area contributed by atoms with E-state index in [1.807, 2.05) is 32.0 Å². The number of phenols is 1. The summed E-state index contributed by atoms with van der Waals surface area (Å²) in [6.07, 6.45) is 0. The second kappa shape index (κ2) is 4.87. The van der Waals surface area contributed by atoms with E-state index in [-0.39, 0.29) is 5.75 Å². The van der Waals surface area contributed by atoms with Crippen molar-refractivity contribution in [2.24, 2.45) is 10.2 Å². The number of azo groups is 1. The maximum Gasteiger partial charge on any atom is 0.145 e. The summed E-state index contributed by atoms with van der Waals surface area (Å²) >= 11 is 0. The molecule has 0 aliphatic rings. The number of benzene rings is 2. The maximum absolute atomic E-state index is 9.65. The van der Waals surface area contributed by atoms with Gasteiger partial charge in [0.25, 0.3) is 0 Å². The fourth-order valence-electron chi connectivity index (χ4n) is 1.65. The Morgan fingerprint density at radius 1 is 0.944 bits per heavy atom. The van der Waals surface area contributed by atoms with Gasteiger partial charge in [-0.25, -0.2) is 0 Å². The van der Waals surface area contributed by atoms with Gasteiger partial charge in [-0.15, -0.1) is 5.11 Å². The fourth-order valence-corrected chi connectivity index (χ4v) is 1.65. The highest BCUT2D eigenvalue weighted by Gasteiger charge is 2.01. The summed E-state index contributed by atoms with van der Waals surface area (Å²) in [5.74, 6) is 0.0310. The highest BCUT2D eigenvalue weighted by Crippen LogP contribution is 2.30. The summed E-state index contributed by atoms with van der Waals surface area (Å²) < 4.78 is 0. The van der Waals surface area contributed by atoms with Crippen molar-refractivity contribution < 1.29 is 5.11 Å². The Morgan fingerprint density at radius 2 is 1.61 bits per heavy atom. The van der Waals surface area contributed by atoms with Crippen LogP contribution in [0.2, 0.25) is 0 Å². The van der Waals surface area contributed by atoms with Crippen LogP contribution in [0.15, 0.2) is 46.6 Å². The van der Waals surface area contributed by atoms with Crippen molar-refractivity contribution >= 4 is 17.1 Å². The Hall–Kier alpha value is -2.36. The van der Waals surface area contributed by atoms with Gasteiger partial charge in [-0.3, -0.25) is 0 Å². The molecule has 0 radical (unpaired) electrons. The van der Waals surface area contributed by atoms with Crippen molar-refractivity contribution in [1.29, 1.82) is 0 Å². The van der Waals surface area contributed by atoms with Gasteiger partial charge in [0, 0.05) is 11.8 Å². The smallest absolute Gasteiger partial charge is 0.145 e. The average molecular weight is 241 g/mol. The molecule has 2 aromatic rings. The zero-order valence-corrected chi connectivity index (χ0v) is 10.4. The van der Waals surface area contributed by atoms with Crippen molar-refractivity contribution in [2.75, 3.05) is 5.73 Å². The molecule has 0 bridgehead atoms. The first kappa shape index (κ1) is 12.1. The summed E-state index contributed by atoms with van der Waals surface area (Å²) in [5.41, 5.74) is 9.47. The molecule has 0 aromatic heterocycles. The summed E-state index contributed by atoms with van der Waals surface area (Å²) in [6, 6.07) is 10.7. The first-order valence-corrected chi connectivity index (χ1v) is 5.64. The number of anilines is 1. The molecule has 0 amide bonds. The summed E-state index contributed by atoms with van der Waals surface area (Å²) in [6.45, 7) is 4.00. The lowest BCUT2D eigenvalue weighted by Gasteiger charge is -2.01. The van der Waals surface area contributed by atoms with Crippen molar-refractivity contribution in [3.05, 3.63) is 47.5 Å². The maximum atomic E-state index is 9.65. The van der Waals surface area contributed by atoms with Gasteiger partial charge in [0.15, 0.2) is 0 Å². The summed E-state index contributed by atoms with van der Waals surface area (Å²) in [5, 5.41) is 17.8. The molecule has 0 saturated heterocycles. The van der Waals surface area contributed by atoms with E-state index >= 15 is 0 Å². The minimum Gasteiger partial charge on any atom is -0.506 e. The van der Waals surface area contributed by atoms with Crippen LogP contribution in [0.3, 0.4) is 0 Å². The largest absolute Gasteiger partial charge is 0.506 e. The number of hydrogen-bond acceptors (Lipinski definition) is 4. The summed E-state index contributed by atoms with van der Waals surface area (Å²) in [7, 11) is 0. The topological polar surface area (TPSA) is 71.0 Å². The molecular weight excluding hydrogens is 226 g/mol. The van der Waals surface area contributed by atoms with Crippen LogP contribution in [0.1, 0.15) is 11.1 Å². The minimum atomic E-state index is 0.0310. The second-order valence-corrected chi connectivity index (χ2v) is 4.24. The SMILES string of the molecule is Cc1ccc(N=Nc2ccc(N)cc2O)c(C)c1. The predicted molar refractivity (Wildman–Crippen MR) is 72.6 cm³/mol. The number of nitrogens with zero attached hydrogens (tertiary/aromatic N) is 2. The zero-order chi connectivity index (χ0) is 13.1. The molecule has 0 atom stereocenters. The first-order valence-electron chi connectivity index (χ1n) is 5.64. The van der Waals surface area contributed by atoms with Crippen LogP contribution in [0, 0.1) is 13.8 Å². The first-order chi connectivity index (χ1) is 8.56. The lowest BCUT2D eigenvalue weighted by atomic mass is 10.1. The van der Waals surface area contributed by atoms with Crippen LogP contribution in [0.5, 0.6) is 5.75 Å². The van der Waals surface area contributed by atoms with Gasteiger partial charge in [0.2, 0.25) is 0 Å². The normalized spacial score (nSPS) is 11.0. The number of hydrogen-bond donors (Lipinski definition) is 2. The Labute approximate surface area is 106 Å². The van der Waals surface area contributed by atoms with E-state index in [2.05, 4.69) is 10.2 Å². The molecule has 0 unspecified atom stereocenters. The van der Waals surface area contributed by atoms with Crippen molar-refractivity contribution in [3.63, 3.8) is 0 Å². The van der Waals surface area contributed by atoms with E-state index in [1.54, 1.807) is 12.1 Å². The van der Waals surface area contributed by atoms with E-state index in [9.17, 15) is 5.11 Å². The molecule has 2 aromatic carbocycles.